The van der Waals surface area contributed by atoms with Gasteiger partial charge in [0.25, 0.3) is 7.58 Å². The normalized spacial score (nSPS) is 22.5. The lowest BCUT2D eigenvalue weighted by Crippen LogP contribution is -1.83. The van der Waals surface area contributed by atoms with Gasteiger partial charge in [0.1, 0.15) is 5.75 Å². The molecule has 0 aliphatic carbocycles. The summed E-state index contributed by atoms with van der Waals surface area (Å²) in [6.45, 7) is 0.823. The second-order valence-electron chi connectivity index (χ2n) is 2.29. The van der Waals surface area contributed by atoms with Crippen LogP contribution in [0, 0.1) is 0 Å². The van der Waals surface area contributed by atoms with E-state index in [1.807, 2.05) is 30.3 Å². The molecular weight excluding hydrogens is 191 g/mol. The van der Waals surface area contributed by atoms with Gasteiger partial charge in [-0.1, -0.05) is 29.6 Å². The van der Waals surface area contributed by atoms with E-state index in [2.05, 4.69) is 0 Å². The van der Waals surface area contributed by atoms with E-state index >= 15 is 0 Å². The highest BCUT2D eigenvalue weighted by atomic mass is 32.7. The second-order valence-corrected chi connectivity index (χ2v) is 5.52. The van der Waals surface area contributed by atoms with Crippen molar-refractivity contribution in [3.63, 3.8) is 0 Å². The number of hydrogen-bond donors (Lipinski definition) is 0. The summed E-state index contributed by atoms with van der Waals surface area (Å²) in [5, 5.41) is 0. The highest BCUT2D eigenvalue weighted by Gasteiger charge is 2.19. The van der Waals surface area contributed by atoms with Gasteiger partial charge in [0, 0.05) is 5.75 Å². The molecule has 12 heavy (non-hydrogen) atoms. The van der Waals surface area contributed by atoms with Crippen LogP contribution in [0.1, 0.15) is 0 Å². The lowest BCUT2D eigenvalue weighted by molar-refractivity contribution is 0.359. The minimum absolute atomic E-state index is 0.705. The Hall–Kier alpha value is -0.240. The summed E-state index contributed by atoms with van der Waals surface area (Å²) < 4.78 is 10.9. The van der Waals surface area contributed by atoms with E-state index in [1.165, 1.54) is 0 Å². The van der Waals surface area contributed by atoms with E-state index in [4.69, 9.17) is 9.05 Å². The van der Waals surface area contributed by atoms with E-state index in [1.54, 1.807) is 11.4 Å². The molecule has 64 valence electrons. The van der Waals surface area contributed by atoms with E-state index in [0.29, 0.717) is 0 Å². The quantitative estimate of drug-likeness (QED) is 0.683. The Morgan fingerprint density at radius 1 is 1.33 bits per heavy atom. The Morgan fingerprint density at radius 3 is 2.83 bits per heavy atom. The molecular formula is C8H9O2PS. The summed E-state index contributed by atoms with van der Waals surface area (Å²) >= 11 is 1.76. The lowest BCUT2D eigenvalue weighted by atomic mass is 10.3. The van der Waals surface area contributed by atoms with Crippen molar-refractivity contribution in [2.75, 3.05) is 12.4 Å². The minimum atomic E-state index is -0.705. The molecule has 2 rings (SSSR count). The van der Waals surface area contributed by atoms with Gasteiger partial charge in [0.15, 0.2) is 0 Å². The van der Waals surface area contributed by atoms with Crippen molar-refractivity contribution < 1.29 is 9.05 Å². The highest BCUT2D eigenvalue weighted by molar-refractivity contribution is 8.53. The average molecular weight is 200 g/mol. The van der Waals surface area contributed by atoms with Crippen LogP contribution in [-0.4, -0.2) is 12.4 Å². The molecule has 0 amide bonds. The fourth-order valence-corrected chi connectivity index (χ4v) is 3.56. The summed E-state index contributed by atoms with van der Waals surface area (Å²) in [6, 6.07) is 9.80. The smallest absolute Gasteiger partial charge is 0.298 e. The molecule has 1 saturated heterocycles. The molecule has 0 saturated carbocycles. The van der Waals surface area contributed by atoms with E-state index in [-0.39, 0.29) is 0 Å². The fraction of sp³-hybridized carbons (Fsp3) is 0.250. The molecule has 0 radical (unpaired) electrons. The third kappa shape index (κ3) is 2.13. The second kappa shape index (κ2) is 4.13. The largest absolute Gasteiger partial charge is 0.440 e. The predicted molar refractivity (Wildman–Crippen MR) is 52.4 cm³/mol. The molecule has 1 aliphatic rings. The zero-order chi connectivity index (χ0) is 8.23. The summed E-state index contributed by atoms with van der Waals surface area (Å²) in [5.41, 5.74) is 0. The Balaban J connectivity index is 1.94. The van der Waals surface area contributed by atoms with Gasteiger partial charge in [-0.05, 0) is 12.1 Å². The van der Waals surface area contributed by atoms with E-state index in [9.17, 15) is 0 Å². The number of rotatable bonds is 2. The van der Waals surface area contributed by atoms with Gasteiger partial charge < -0.3 is 9.05 Å². The molecule has 1 aliphatic heterocycles. The van der Waals surface area contributed by atoms with Crippen LogP contribution in [-0.2, 0) is 4.52 Å². The third-order valence-electron chi connectivity index (χ3n) is 1.40. The molecule has 1 unspecified atom stereocenters. The summed E-state index contributed by atoms with van der Waals surface area (Å²) in [4.78, 5) is 0. The van der Waals surface area contributed by atoms with Crippen LogP contribution in [0.15, 0.2) is 30.3 Å². The van der Waals surface area contributed by atoms with Crippen molar-refractivity contribution in [1.82, 2.24) is 0 Å². The molecule has 1 aromatic carbocycles. The van der Waals surface area contributed by atoms with Crippen LogP contribution >= 0.6 is 19.0 Å². The maximum Gasteiger partial charge on any atom is 0.298 e. The molecule has 1 fully saturated rings. The van der Waals surface area contributed by atoms with E-state index < -0.39 is 7.58 Å². The standard InChI is InChI=1S/C8H9O2PS/c1-2-4-8(5-3-1)10-11-9-6-7-12-11/h1-5H,6-7H2. The predicted octanol–water partition coefficient (Wildman–Crippen LogP) is 3.06. The average Bonchev–Trinajstić information content (AvgIpc) is 2.59. The topological polar surface area (TPSA) is 18.5 Å². The van der Waals surface area contributed by atoms with Crippen molar-refractivity contribution >= 4 is 19.0 Å². The van der Waals surface area contributed by atoms with Crippen molar-refractivity contribution in [1.29, 1.82) is 0 Å². The number of benzene rings is 1. The fourth-order valence-electron chi connectivity index (χ4n) is 0.881. The zero-order valence-corrected chi connectivity index (χ0v) is 8.18. The van der Waals surface area contributed by atoms with Crippen LogP contribution < -0.4 is 4.52 Å². The van der Waals surface area contributed by atoms with Crippen LogP contribution in [0.25, 0.3) is 0 Å². The number of para-hydroxylation sites is 1. The van der Waals surface area contributed by atoms with Crippen molar-refractivity contribution in [2.45, 2.75) is 0 Å². The van der Waals surface area contributed by atoms with Crippen molar-refractivity contribution in [3.05, 3.63) is 30.3 Å². The lowest BCUT2D eigenvalue weighted by Gasteiger charge is -2.08. The third-order valence-corrected chi connectivity index (χ3v) is 4.43. The summed E-state index contributed by atoms with van der Waals surface area (Å²) in [6.07, 6.45) is 0. The first-order valence-electron chi connectivity index (χ1n) is 3.74. The molecule has 1 aromatic rings. The van der Waals surface area contributed by atoms with Crippen LogP contribution in [0.2, 0.25) is 0 Å². The minimum Gasteiger partial charge on any atom is -0.440 e. The first kappa shape index (κ1) is 8.36. The van der Waals surface area contributed by atoms with E-state index in [0.717, 1.165) is 18.1 Å². The van der Waals surface area contributed by atoms with Crippen molar-refractivity contribution in [3.8, 4) is 5.75 Å². The molecule has 1 atom stereocenters. The van der Waals surface area contributed by atoms with Gasteiger partial charge in [-0.2, -0.15) is 0 Å². The van der Waals surface area contributed by atoms with Gasteiger partial charge >= 0.3 is 0 Å². The highest BCUT2D eigenvalue weighted by Crippen LogP contribution is 2.55. The zero-order valence-electron chi connectivity index (χ0n) is 6.47. The molecule has 0 N–H and O–H groups in total. The molecule has 4 heteroatoms. The Kier molecular flexibility index (Phi) is 2.88. The number of hydrogen-bond acceptors (Lipinski definition) is 3. The van der Waals surface area contributed by atoms with Crippen LogP contribution in [0.3, 0.4) is 0 Å². The van der Waals surface area contributed by atoms with Gasteiger partial charge in [0.05, 0.1) is 6.61 Å². The van der Waals surface area contributed by atoms with Crippen molar-refractivity contribution in [2.24, 2.45) is 0 Å². The molecule has 0 aromatic heterocycles. The Bertz CT molecular complexity index is 236. The van der Waals surface area contributed by atoms with Crippen LogP contribution in [0.4, 0.5) is 0 Å². The first-order valence-corrected chi connectivity index (χ1v) is 6.51. The summed E-state index contributed by atoms with van der Waals surface area (Å²) in [5.74, 6) is 1.96. The van der Waals surface area contributed by atoms with Gasteiger partial charge in [0.2, 0.25) is 0 Å². The molecule has 0 bridgehead atoms. The monoisotopic (exact) mass is 200 g/mol. The maximum absolute atomic E-state index is 5.58. The Labute approximate surface area is 76.9 Å². The molecule has 0 spiro atoms. The van der Waals surface area contributed by atoms with Crippen LogP contribution in [0.5, 0.6) is 5.75 Å². The first-order chi connectivity index (χ1) is 5.95. The van der Waals surface area contributed by atoms with Gasteiger partial charge in [-0.15, -0.1) is 0 Å². The summed E-state index contributed by atoms with van der Waals surface area (Å²) in [7, 11) is -0.705. The van der Waals surface area contributed by atoms with Gasteiger partial charge in [-0.3, -0.25) is 0 Å². The maximum atomic E-state index is 5.58. The van der Waals surface area contributed by atoms with Gasteiger partial charge in [-0.25, -0.2) is 0 Å². The molecule has 1 heterocycles. The SMILES string of the molecule is c1ccc(OP2OCCS2)cc1. The molecule has 2 nitrogen and oxygen atoms in total. The Morgan fingerprint density at radius 2 is 2.17 bits per heavy atom.